The molecule has 0 spiro atoms. The van der Waals surface area contributed by atoms with Crippen LogP contribution in [0.2, 0.25) is 0 Å². The van der Waals surface area contributed by atoms with Crippen molar-refractivity contribution in [3.05, 3.63) is 29.8 Å². The van der Waals surface area contributed by atoms with E-state index in [2.05, 4.69) is 32.9 Å². The first-order valence-corrected chi connectivity index (χ1v) is 7.40. The molecule has 0 aliphatic heterocycles. The molecule has 2 rings (SSSR count). The molecule has 0 amide bonds. The van der Waals surface area contributed by atoms with Gasteiger partial charge in [0.15, 0.2) is 0 Å². The van der Waals surface area contributed by atoms with E-state index in [0.717, 1.165) is 12.2 Å². The van der Waals surface area contributed by atoms with Gasteiger partial charge in [0, 0.05) is 5.54 Å². The van der Waals surface area contributed by atoms with E-state index in [1.165, 1.54) is 18.4 Å². The maximum Gasteiger partial charge on any atom is 0.118 e. The molecule has 1 saturated carbocycles. The zero-order chi connectivity index (χ0) is 14.0. The molecule has 3 unspecified atom stereocenters. The average molecular weight is 261 g/mol. The molecule has 0 saturated heterocycles. The molecule has 1 aliphatic rings. The summed E-state index contributed by atoms with van der Waals surface area (Å²) in [5.74, 6) is 2.80. The highest BCUT2D eigenvalue weighted by Gasteiger charge is 2.42. The normalized spacial score (nSPS) is 31.5. The second kappa shape index (κ2) is 5.54. The largest absolute Gasteiger partial charge is 0.497 e. The van der Waals surface area contributed by atoms with Crippen molar-refractivity contribution in [2.24, 2.45) is 23.5 Å². The molecule has 2 nitrogen and oxygen atoms in total. The monoisotopic (exact) mass is 261 g/mol. The molecular weight excluding hydrogens is 234 g/mol. The van der Waals surface area contributed by atoms with Crippen molar-refractivity contribution in [2.45, 2.75) is 45.6 Å². The van der Waals surface area contributed by atoms with Crippen LogP contribution in [-0.4, -0.2) is 7.11 Å². The van der Waals surface area contributed by atoms with E-state index in [9.17, 15) is 0 Å². The number of rotatable bonds is 3. The molecular formula is C17H27NO. The van der Waals surface area contributed by atoms with Gasteiger partial charge in [-0.3, -0.25) is 0 Å². The molecule has 19 heavy (non-hydrogen) atoms. The zero-order valence-corrected chi connectivity index (χ0v) is 12.6. The summed E-state index contributed by atoms with van der Waals surface area (Å²) >= 11 is 0. The molecule has 1 fully saturated rings. The van der Waals surface area contributed by atoms with Crippen LogP contribution in [0.15, 0.2) is 24.3 Å². The van der Waals surface area contributed by atoms with Gasteiger partial charge in [0.25, 0.3) is 0 Å². The van der Waals surface area contributed by atoms with Crippen LogP contribution in [0.4, 0.5) is 0 Å². The highest BCUT2D eigenvalue weighted by atomic mass is 16.5. The van der Waals surface area contributed by atoms with Gasteiger partial charge in [-0.25, -0.2) is 0 Å². The summed E-state index contributed by atoms with van der Waals surface area (Å²) in [6.45, 7) is 6.92. The standard InChI is InChI=1S/C17H27NO/c1-12(2)16-10-5-13(3)11-17(16,18)14-6-8-15(19-4)9-7-14/h6-9,12-13,16H,5,10-11,18H2,1-4H3. The van der Waals surface area contributed by atoms with E-state index < -0.39 is 0 Å². The number of ether oxygens (including phenoxy) is 1. The van der Waals surface area contributed by atoms with Crippen LogP contribution in [-0.2, 0) is 5.54 Å². The summed E-state index contributed by atoms with van der Waals surface area (Å²) in [6, 6.07) is 8.35. The quantitative estimate of drug-likeness (QED) is 0.894. The van der Waals surface area contributed by atoms with Crippen molar-refractivity contribution >= 4 is 0 Å². The van der Waals surface area contributed by atoms with Gasteiger partial charge in [0.05, 0.1) is 7.11 Å². The fraction of sp³-hybridized carbons (Fsp3) is 0.647. The lowest BCUT2D eigenvalue weighted by Crippen LogP contribution is -2.50. The Morgan fingerprint density at radius 2 is 1.84 bits per heavy atom. The van der Waals surface area contributed by atoms with Gasteiger partial charge in [-0.05, 0) is 48.3 Å². The van der Waals surface area contributed by atoms with Crippen LogP contribution in [0.25, 0.3) is 0 Å². The third-order valence-corrected chi connectivity index (χ3v) is 4.75. The number of methoxy groups -OCH3 is 1. The summed E-state index contributed by atoms with van der Waals surface area (Å²) in [4.78, 5) is 0. The zero-order valence-electron chi connectivity index (χ0n) is 12.6. The highest BCUT2D eigenvalue weighted by Crippen LogP contribution is 2.45. The van der Waals surface area contributed by atoms with Crippen molar-refractivity contribution in [1.29, 1.82) is 0 Å². The van der Waals surface area contributed by atoms with E-state index in [1.54, 1.807) is 7.11 Å². The molecule has 1 aromatic carbocycles. The van der Waals surface area contributed by atoms with Crippen LogP contribution in [0.5, 0.6) is 5.75 Å². The molecule has 2 heteroatoms. The lowest BCUT2D eigenvalue weighted by Gasteiger charge is -2.46. The molecule has 0 bridgehead atoms. The van der Waals surface area contributed by atoms with Gasteiger partial charge in [0.1, 0.15) is 5.75 Å². The Morgan fingerprint density at radius 3 is 2.37 bits per heavy atom. The molecule has 0 aromatic heterocycles. The predicted molar refractivity (Wildman–Crippen MR) is 80.2 cm³/mol. The van der Waals surface area contributed by atoms with E-state index in [-0.39, 0.29) is 5.54 Å². The fourth-order valence-corrected chi connectivity index (χ4v) is 3.71. The first-order valence-electron chi connectivity index (χ1n) is 7.40. The van der Waals surface area contributed by atoms with Crippen LogP contribution < -0.4 is 10.5 Å². The number of nitrogens with two attached hydrogens (primary N) is 1. The Kier molecular flexibility index (Phi) is 4.19. The Morgan fingerprint density at radius 1 is 1.21 bits per heavy atom. The SMILES string of the molecule is COc1ccc(C2(N)CC(C)CCC2C(C)C)cc1. The van der Waals surface area contributed by atoms with E-state index in [1.807, 2.05) is 12.1 Å². The lowest BCUT2D eigenvalue weighted by molar-refractivity contribution is 0.108. The second-order valence-electron chi connectivity index (χ2n) is 6.51. The van der Waals surface area contributed by atoms with Crippen LogP contribution in [0.3, 0.4) is 0 Å². The van der Waals surface area contributed by atoms with Gasteiger partial charge in [-0.15, -0.1) is 0 Å². The Hall–Kier alpha value is -1.02. The van der Waals surface area contributed by atoms with E-state index in [0.29, 0.717) is 17.8 Å². The number of hydrogen-bond donors (Lipinski definition) is 1. The van der Waals surface area contributed by atoms with Crippen molar-refractivity contribution in [1.82, 2.24) is 0 Å². The minimum Gasteiger partial charge on any atom is -0.497 e. The lowest BCUT2D eigenvalue weighted by atomic mass is 9.63. The van der Waals surface area contributed by atoms with Crippen molar-refractivity contribution < 1.29 is 4.74 Å². The minimum absolute atomic E-state index is 0.182. The molecule has 0 radical (unpaired) electrons. The van der Waals surface area contributed by atoms with Gasteiger partial charge in [-0.1, -0.05) is 39.3 Å². The summed E-state index contributed by atoms with van der Waals surface area (Å²) in [5, 5.41) is 0. The molecule has 106 valence electrons. The van der Waals surface area contributed by atoms with Gasteiger partial charge in [0.2, 0.25) is 0 Å². The maximum atomic E-state index is 6.87. The third-order valence-electron chi connectivity index (χ3n) is 4.75. The van der Waals surface area contributed by atoms with E-state index in [4.69, 9.17) is 10.5 Å². The third kappa shape index (κ3) is 2.79. The van der Waals surface area contributed by atoms with Crippen LogP contribution in [0.1, 0.15) is 45.6 Å². The maximum absolute atomic E-state index is 6.87. The van der Waals surface area contributed by atoms with Gasteiger partial charge in [-0.2, -0.15) is 0 Å². The van der Waals surface area contributed by atoms with Crippen LogP contribution >= 0.6 is 0 Å². The summed E-state index contributed by atoms with van der Waals surface area (Å²) in [7, 11) is 1.70. The Labute approximate surface area is 117 Å². The molecule has 0 heterocycles. The average Bonchev–Trinajstić information content (AvgIpc) is 2.38. The van der Waals surface area contributed by atoms with Gasteiger partial charge >= 0.3 is 0 Å². The molecule has 3 atom stereocenters. The highest BCUT2D eigenvalue weighted by molar-refractivity contribution is 5.33. The molecule has 1 aliphatic carbocycles. The predicted octanol–water partition coefficient (Wildman–Crippen LogP) is 3.94. The molecule has 2 N–H and O–H groups in total. The minimum atomic E-state index is -0.182. The van der Waals surface area contributed by atoms with Gasteiger partial charge < -0.3 is 10.5 Å². The summed E-state index contributed by atoms with van der Waals surface area (Å²) in [6.07, 6.45) is 3.63. The number of benzene rings is 1. The topological polar surface area (TPSA) is 35.2 Å². The van der Waals surface area contributed by atoms with E-state index >= 15 is 0 Å². The van der Waals surface area contributed by atoms with Crippen molar-refractivity contribution in [3.8, 4) is 5.75 Å². The smallest absolute Gasteiger partial charge is 0.118 e. The fourth-order valence-electron chi connectivity index (χ4n) is 3.71. The van der Waals surface area contributed by atoms with Crippen LogP contribution in [0, 0.1) is 17.8 Å². The second-order valence-corrected chi connectivity index (χ2v) is 6.51. The number of hydrogen-bond acceptors (Lipinski definition) is 2. The van der Waals surface area contributed by atoms with Crippen molar-refractivity contribution in [2.75, 3.05) is 7.11 Å². The Balaban J connectivity index is 2.34. The first-order chi connectivity index (χ1) is 8.97. The van der Waals surface area contributed by atoms with Crippen molar-refractivity contribution in [3.63, 3.8) is 0 Å². The summed E-state index contributed by atoms with van der Waals surface area (Å²) in [5.41, 5.74) is 7.95. The first kappa shape index (κ1) is 14.4. The summed E-state index contributed by atoms with van der Waals surface area (Å²) < 4.78 is 5.24. The molecule has 1 aromatic rings. The Bertz CT molecular complexity index is 412.